The molecular formula is C21H31F3O2. The zero-order valence-electron chi connectivity index (χ0n) is 16.0. The molecule has 4 rings (SSSR count). The predicted octanol–water partition coefficient (Wildman–Crippen LogP) is 5.14. The van der Waals surface area contributed by atoms with Gasteiger partial charge in [-0.1, -0.05) is 13.8 Å². The van der Waals surface area contributed by atoms with E-state index >= 15 is 0 Å². The molecule has 0 aromatic rings. The van der Waals surface area contributed by atoms with E-state index in [9.17, 15) is 23.1 Å². The highest BCUT2D eigenvalue weighted by Gasteiger charge is 2.69. The Labute approximate surface area is 153 Å². The number of carbonyl (C=O) groups is 1. The number of rotatable bonds is 1. The molecule has 5 heteroatoms. The normalized spacial score (nSPS) is 53.7. The number of Topliss-reactive ketones (excluding diaryl/α,β-unsaturated/α-hetero) is 1. The van der Waals surface area contributed by atoms with Crippen LogP contribution in [0, 0.1) is 40.4 Å². The van der Waals surface area contributed by atoms with Crippen molar-refractivity contribution < 1.29 is 23.1 Å². The maximum Gasteiger partial charge on any atom is 0.417 e. The summed E-state index contributed by atoms with van der Waals surface area (Å²) in [6, 6.07) is 0. The number of hydrogen-bond donors (Lipinski definition) is 1. The Morgan fingerprint density at radius 1 is 1.00 bits per heavy atom. The minimum Gasteiger partial charge on any atom is -0.380 e. The third-order valence-corrected chi connectivity index (χ3v) is 9.34. The van der Waals surface area contributed by atoms with E-state index in [0.29, 0.717) is 11.8 Å². The minimum absolute atomic E-state index is 0.0229. The Kier molecular flexibility index (Phi) is 3.96. The van der Waals surface area contributed by atoms with Crippen molar-refractivity contribution in [2.45, 2.75) is 83.9 Å². The summed E-state index contributed by atoms with van der Waals surface area (Å²) in [4.78, 5) is 12.1. The van der Waals surface area contributed by atoms with Gasteiger partial charge in [-0.3, -0.25) is 4.79 Å². The van der Waals surface area contributed by atoms with Crippen molar-refractivity contribution in [2.24, 2.45) is 40.4 Å². The third kappa shape index (κ3) is 2.31. The Bertz CT molecular complexity index is 617. The van der Waals surface area contributed by atoms with Crippen LogP contribution in [0.5, 0.6) is 0 Å². The molecule has 4 fully saturated rings. The molecule has 0 unspecified atom stereocenters. The molecular weight excluding hydrogens is 341 g/mol. The average molecular weight is 372 g/mol. The minimum atomic E-state index is -4.54. The number of aliphatic hydroxyl groups is 1. The van der Waals surface area contributed by atoms with Crippen molar-refractivity contribution in [3.8, 4) is 0 Å². The van der Waals surface area contributed by atoms with Gasteiger partial charge in [0.1, 0.15) is 5.78 Å². The first-order valence-corrected chi connectivity index (χ1v) is 10.2. The number of carbonyl (C=O) groups excluding carboxylic acids is 1. The van der Waals surface area contributed by atoms with Crippen LogP contribution in [0.1, 0.15) is 72.1 Å². The summed E-state index contributed by atoms with van der Waals surface area (Å²) in [6.45, 7) is 5.96. The first kappa shape index (κ1) is 18.8. The van der Waals surface area contributed by atoms with Gasteiger partial charge in [0, 0.05) is 5.92 Å². The fraction of sp³-hybridized carbons (Fsp3) is 0.952. The highest BCUT2D eigenvalue weighted by atomic mass is 19.4. The van der Waals surface area contributed by atoms with E-state index in [1.807, 2.05) is 6.92 Å². The molecule has 4 saturated carbocycles. The molecule has 1 N–H and O–H groups in total. The standard InChI is InChI=1S/C21H31F3O2/c1-12(25)15-6-7-16-14-5-4-13-10-20(26,21(22,23)24)11-19(13,3)17(14)8-9-18(15,16)2/h13-17,26H,4-11H2,1-3H3/t13-,14+,15-,16+,17+,18-,19-,20+/m1/s1. The molecule has 0 saturated heterocycles. The largest absolute Gasteiger partial charge is 0.417 e. The summed E-state index contributed by atoms with van der Waals surface area (Å²) in [7, 11) is 0. The molecule has 4 aliphatic carbocycles. The number of halogens is 3. The average Bonchev–Trinajstić information content (AvgIpc) is 3.00. The van der Waals surface area contributed by atoms with Crippen molar-refractivity contribution in [2.75, 3.05) is 0 Å². The maximum absolute atomic E-state index is 13.5. The van der Waals surface area contributed by atoms with E-state index in [0.717, 1.165) is 38.5 Å². The quantitative estimate of drug-likeness (QED) is 0.692. The lowest BCUT2D eigenvalue weighted by molar-refractivity contribution is -0.261. The lowest BCUT2D eigenvalue weighted by atomic mass is 9.47. The van der Waals surface area contributed by atoms with Gasteiger partial charge in [-0.05, 0) is 92.8 Å². The Morgan fingerprint density at radius 3 is 2.27 bits per heavy atom. The fourth-order valence-corrected chi connectivity index (χ4v) is 8.14. The van der Waals surface area contributed by atoms with Gasteiger partial charge in [-0.25, -0.2) is 0 Å². The lowest BCUT2D eigenvalue weighted by Gasteiger charge is -2.57. The van der Waals surface area contributed by atoms with Crippen molar-refractivity contribution in [3.63, 3.8) is 0 Å². The van der Waals surface area contributed by atoms with Gasteiger partial charge in [0.15, 0.2) is 5.60 Å². The van der Waals surface area contributed by atoms with Crippen LogP contribution in [0.4, 0.5) is 13.2 Å². The monoisotopic (exact) mass is 372 g/mol. The third-order valence-electron chi connectivity index (χ3n) is 9.34. The van der Waals surface area contributed by atoms with Crippen LogP contribution in [0.25, 0.3) is 0 Å². The second-order valence-electron chi connectivity index (χ2n) is 10.4. The van der Waals surface area contributed by atoms with Crippen LogP contribution in [0.2, 0.25) is 0 Å². The summed E-state index contributed by atoms with van der Waals surface area (Å²) in [5, 5.41) is 10.4. The highest BCUT2D eigenvalue weighted by molar-refractivity contribution is 5.79. The first-order valence-electron chi connectivity index (χ1n) is 10.2. The number of ketones is 1. The molecule has 0 radical (unpaired) electrons. The van der Waals surface area contributed by atoms with Gasteiger partial charge in [-0.2, -0.15) is 13.2 Å². The van der Waals surface area contributed by atoms with E-state index in [-0.39, 0.29) is 41.8 Å². The zero-order valence-corrected chi connectivity index (χ0v) is 16.0. The molecule has 0 heterocycles. The van der Waals surface area contributed by atoms with Crippen LogP contribution >= 0.6 is 0 Å². The molecule has 4 aliphatic rings. The molecule has 0 aliphatic heterocycles. The molecule has 26 heavy (non-hydrogen) atoms. The number of alkyl halides is 3. The summed E-state index contributed by atoms with van der Waals surface area (Å²) < 4.78 is 40.5. The Morgan fingerprint density at radius 2 is 1.65 bits per heavy atom. The molecule has 148 valence electrons. The van der Waals surface area contributed by atoms with Crippen molar-refractivity contribution >= 4 is 5.78 Å². The van der Waals surface area contributed by atoms with Gasteiger partial charge in [0.2, 0.25) is 0 Å². The topological polar surface area (TPSA) is 37.3 Å². The Balaban J connectivity index is 1.64. The fourth-order valence-electron chi connectivity index (χ4n) is 8.14. The van der Waals surface area contributed by atoms with Crippen LogP contribution in [0.3, 0.4) is 0 Å². The summed E-state index contributed by atoms with van der Waals surface area (Å²) >= 11 is 0. The first-order chi connectivity index (χ1) is 11.9. The SMILES string of the molecule is CC(=O)[C@H]1CC[C@H]2[C@@H]3CC[C@@H]4C[C@@](O)(C(F)(F)F)C[C@@]4(C)[C@H]3CC[C@]12C. The summed E-state index contributed by atoms with van der Waals surface area (Å²) in [6.07, 6.45) is 0.746. The molecule has 0 aromatic heterocycles. The highest BCUT2D eigenvalue weighted by Crippen LogP contribution is 2.70. The van der Waals surface area contributed by atoms with Gasteiger partial charge in [-0.15, -0.1) is 0 Å². The summed E-state index contributed by atoms with van der Waals surface area (Å²) in [5.74, 6) is 1.48. The van der Waals surface area contributed by atoms with Crippen molar-refractivity contribution in [3.05, 3.63) is 0 Å². The van der Waals surface area contributed by atoms with E-state index in [2.05, 4.69) is 6.92 Å². The van der Waals surface area contributed by atoms with Gasteiger partial charge in [0.25, 0.3) is 0 Å². The maximum atomic E-state index is 13.5. The van der Waals surface area contributed by atoms with Crippen LogP contribution in [-0.4, -0.2) is 22.7 Å². The number of fused-ring (bicyclic) bond motifs is 5. The van der Waals surface area contributed by atoms with Crippen molar-refractivity contribution in [1.29, 1.82) is 0 Å². The summed E-state index contributed by atoms with van der Waals surface area (Å²) in [5.41, 5.74) is -2.92. The smallest absolute Gasteiger partial charge is 0.380 e. The van der Waals surface area contributed by atoms with Gasteiger partial charge < -0.3 is 5.11 Å². The molecule has 0 bridgehead atoms. The van der Waals surface area contributed by atoms with E-state index in [4.69, 9.17) is 0 Å². The zero-order chi connectivity index (χ0) is 19.1. The van der Waals surface area contributed by atoms with Crippen LogP contribution < -0.4 is 0 Å². The van der Waals surface area contributed by atoms with E-state index in [1.54, 1.807) is 6.92 Å². The second-order valence-corrected chi connectivity index (χ2v) is 10.4. The van der Waals surface area contributed by atoms with E-state index < -0.39 is 17.2 Å². The second kappa shape index (κ2) is 5.48. The predicted molar refractivity (Wildman–Crippen MR) is 92.3 cm³/mol. The molecule has 0 amide bonds. The van der Waals surface area contributed by atoms with E-state index in [1.165, 1.54) is 0 Å². The van der Waals surface area contributed by atoms with Gasteiger partial charge in [0.05, 0.1) is 0 Å². The molecule has 8 atom stereocenters. The molecule has 0 spiro atoms. The Hall–Kier alpha value is -0.580. The van der Waals surface area contributed by atoms with Crippen molar-refractivity contribution in [1.82, 2.24) is 0 Å². The lowest BCUT2D eigenvalue weighted by Crippen LogP contribution is -2.51. The number of hydrogen-bond acceptors (Lipinski definition) is 2. The van der Waals surface area contributed by atoms with Crippen LogP contribution in [-0.2, 0) is 4.79 Å². The molecule has 0 aromatic carbocycles. The van der Waals surface area contributed by atoms with Crippen LogP contribution in [0.15, 0.2) is 0 Å². The molecule has 2 nitrogen and oxygen atoms in total. The van der Waals surface area contributed by atoms with Gasteiger partial charge >= 0.3 is 6.18 Å².